The first-order valence-corrected chi connectivity index (χ1v) is 16.6. The predicted molar refractivity (Wildman–Crippen MR) is 176 cm³/mol. The summed E-state index contributed by atoms with van der Waals surface area (Å²) in [5.74, 6) is 0.365. The molecule has 7 nitrogen and oxygen atoms in total. The van der Waals surface area contributed by atoms with Crippen LogP contribution in [0.2, 0.25) is 0 Å². The molecule has 1 aromatic heterocycles. The van der Waals surface area contributed by atoms with Crippen LogP contribution in [0.1, 0.15) is 51.5 Å². The molecule has 8 rings (SSSR count). The lowest BCUT2D eigenvalue weighted by atomic mass is 9.74. The Morgan fingerprint density at radius 3 is 2.53 bits per heavy atom. The molecule has 0 amide bonds. The average Bonchev–Trinajstić information content (AvgIpc) is 3.85. The first-order valence-electron chi connectivity index (χ1n) is 16.6. The standard InChI is InChI=1S/C37H38F3N5O2/c1-4-26-29(38)10-5-21-13-25(46)14-27(31(21)26)32-30(39)15-28-34(33(32)40)42-36(43-35(28)45-16-22-6-7-23(17-45)41-22)47-19-37(3)18-44(24-8-9-24)12-11-20(37)2/h1,5,10,13-15,20,22-24,41,46H,6-9,11-12,16-19H2,2-3H3/t20-,22-,23+,37+/m0/s1. The van der Waals surface area contributed by atoms with E-state index in [1.165, 1.54) is 43.2 Å². The highest BCUT2D eigenvalue weighted by atomic mass is 19.1. The van der Waals surface area contributed by atoms with Crippen LogP contribution in [0.25, 0.3) is 32.8 Å². The Labute approximate surface area is 272 Å². The van der Waals surface area contributed by atoms with Crippen molar-refractivity contribution in [1.29, 1.82) is 0 Å². The molecule has 1 aliphatic carbocycles. The van der Waals surface area contributed by atoms with Crippen LogP contribution in [0.3, 0.4) is 0 Å². The van der Waals surface area contributed by atoms with Gasteiger partial charge in [0.05, 0.1) is 17.7 Å². The molecule has 10 heteroatoms. The van der Waals surface area contributed by atoms with Crippen LogP contribution in [0.4, 0.5) is 19.0 Å². The summed E-state index contributed by atoms with van der Waals surface area (Å²) in [6.07, 6.45) is 11.2. The van der Waals surface area contributed by atoms with Crippen molar-refractivity contribution in [3.05, 3.63) is 53.3 Å². The fraction of sp³-hybridized carbons (Fsp3) is 0.459. The zero-order chi connectivity index (χ0) is 32.6. The molecule has 244 valence electrons. The van der Waals surface area contributed by atoms with Gasteiger partial charge in [0.25, 0.3) is 0 Å². The molecule has 3 saturated heterocycles. The molecule has 3 aromatic carbocycles. The Bertz CT molecular complexity index is 1950. The van der Waals surface area contributed by atoms with Crippen molar-refractivity contribution in [3.8, 4) is 35.2 Å². The van der Waals surface area contributed by atoms with Crippen molar-refractivity contribution in [2.75, 3.05) is 37.7 Å². The Morgan fingerprint density at radius 2 is 1.81 bits per heavy atom. The summed E-state index contributed by atoms with van der Waals surface area (Å²) in [6.45, 7) is 8.09. The molecule has 4 aliphatic rings. The first kappa shape index (κ1) is 30.3. The van der Waals surface area contributed by atoms with Gasteiger partial charge in [-0.05, 0) is 74.2 Å². The number of rotatable bonds is 6. The summed E-state index contributed by atoms with van der Waals surface area (Å²) in [6, 6.07) is 7.61. The molecule has 4 aromatic rings. The number of nitrogens with zero attached hydrogens (tertiary/aromatic N) is 4. The number of piperazine rings is 1. The van der Waals surface area contributed by atoms with Gasteiger partial charge in [0.2, 0.25) is 0 Å². The minimum Gasteiger partial charge on any atom is -0.508 e. The molecular formula is C37H38F3N5O2. The number of terminal acetylenes is 1. The highest BCUT2D eigenvalue weighted by Crippen LogP contribution is 2.43. The van der Waals surface area contributed by atoms with E-state index < -0.39 is 23.0 Å². The number of ether oxygens (including phenoxy) is 1. The Balaban J connectivity index is 1.27. The summed E-state index contributed by atoms with van der Waals surface area (Å²) >= 11 is 0. The van der Waals surface area contributed by atoms with Gasteiger partial charge in [0.15, 0.2) is 5.82 Å². The summed E-state index contributed by atoms with van der Waals surface area (Å²) < 4.78 is 54.5. The van der Waals surface area contributed by atoms with Gasteiger partial charge in [-0.15, -0.1) is 6.42 Å². The summed E-state index contributed by atoms with van der Waals surface area (Å²) in [7, 11) is 0. The lowest BCUT2D eigenvalue weighted by Gasteiger charge is -2.45. The maximum Gasteiger partial charge on any atom is 0.319 e. The van der Waals surface area contributed by atoms with E-state index in [0.717, 1.165) is 32.4 Å². The number of halogens is 3. The molecule has 0 radical (unpaired) electrons. The van der Waals surface area contributed by atoms with Gasteiger partial charge in [-0.2, -0.15) is 9.97 Å². The average molecular weight is 642 g/mol. The van der Waals surface area contributed by atoms with Crippen LogP contribution in [-0.2, 0) is 0 Å². The van der Waals surface area contributed by atoms with Gasteiger partial charge in [0.1, 0.15) is 28.7 Å². The number of fused-ring (bicyclic) bond motifs is 4. The third-order valence-electron chi connectivity index (χ3n) is 11.0. The number of hydrogen-bond donors (Lipinski definition) is 2. The number of hydrogen-bond acceptors (Lipinski definition) is 7. The second-order valence-electron chi connectivity index (χ2n) is 14.3. The Hall–Kier alpha value is -4.07. The maximum absolute atomic E-state index is 16.9. The molecule has 0 spiro atoms. The minimum atomic E-state index is -0.956. The molecule has 2 N–H and O–H groups in total. The van der Waals surface area contributed by atoms with Gasteiger partial charge < -0.3 is 20.1 Å². The zero-order valence-corrected chi connectivity index (χ0v) is 26.6. The van der Waals surface area contributed by atoms with E-state index >= 15 is 8.78 Å². The molecule has 2 bridgehead atoms. The highest BCUT2D eigenvalue weighted by Gasteiger charge is 2.43. The summed E-state index contributed by atoms with van der Waals surface area (Å²) in [4.78, 5) is 14.0. The van der Waals surface area contributed by atoms with Gasteiger partial charge >= 0.3 is 6.01 Å². The lowest BCUT2D eigenvalue weighted by molar-refractivity contribution is 0.00500. The van der Waals surface area contributed by atoms with Crippen LogP contribution < -0.4 is 15.0 Å². The molecule has 1 saturated carbocycles. The summed E-state index contributed by atoms with van der Waals surface area (Å²) in [5, 5.41) is 14.9. The largest absolute Gasteiger partial charge is 0.508 e. The second kappa shape index (κ2) is 11.3. The van der Waals surface area contributed by atoms with Gasteiger partial charge in [-0.25, -0.2) is 13.2 Å². The molecule has 3 aliphatic heterocycles. The number of piperidine rings is 1. The van der Waals surface area contributed by atoms with Gasteiger partial charge in [0, 0.05) is 59.5 Å². The number of nitrogens with one attached hydrogen (secondary N) is 1. The molecule has 4 heterocycles. The number of likely N-dealkylation sites (tertiary alicyclic amines) is 1. The topological polar surface area (TPSA) is 73.8 Å². The smallest absolute Gasteiger partial charge is 0.319 e. The summed E-state index contributed by atoms with van der Waals surface area (Å²) in [5.41, 5.74) is -0.921. The number of phenols is 1. The number of anilines is 1. The molecule has 0 unspecified atom stereocenters. The van der Waals surface area contributed by atoms with Crippen molar-refractivity contribution < 1.29 is 23.0 Å². The van der Waals surface area contributed by atoms with Gasteiger partial charge in [-0.3, -0.25) is 4.90 Å². The third kappa shape index (κ3) is 5.24. The van der Waals surface area contributed by atoms with E-state index in [-0.39, 0.29) is 56.7 Å². The Kier molecular flexibility index (Phi) is 7.26. The SMILES string of the molecule is C#Cc1c(F)ccc2cc(O)cc(-c3c(F)cc4c(N5C[C@H]6CC[C@@H](C5)N6)nc(OC[C@@]5(C)CN(C6CC6)CC[C@@H]5C)nc4c3F)c12. The number of aromatic nitrogens is 2. The van der Waals surface area contributed by atoms with E-state index in [0.29, 0.717) is 42.9 Å². The highest BCUT2D eigenvalue weighted by molar-refractivity contribution is 6.04. The lowest BCUT2D eigenvalue weighted by Crippen LogP contribution is -2.51. The first-order chi connectivity index (χ1) is 22.6. The van der Waals surface area contributed by atoms with E-state index in [2.05, 4.69) is 39.9 Å². The zero-order valence-electron chi connectivity index (χ0n) is 26.6. The van der Waals surface area contributed by atoms with Crippen LogP contribution in [0.5, 0.6) is 11.8 Å². The van der Waals surface area contributed by atoms with Crippen molar-refractivity contribution in [2.24, 2.45) is 11.3 Å². The fourth-order valence-electron chi connectivity index (χ4n) is 8.02. The van der Waals surface area contributed by atoms with E-state index in [1.54, 1.807) is 0 Å². The van der Waals surface area contributed by atoms with Crippen molar-refractivity contribution in [3.63, 3.8) is 0 Å². The molecule has 4 fully saturated rings. The normalized spacial score (nSPS) is 26.2. The van der Waals surface area contributed by atoms with Crippen LogP contribution in [0, 0.1) is 41.1 Å². The van der Waals surface area contributed by atoms with E-state index in [9.17, 15) is 9.50 Å². The fourth-order valence-corrected chi connectivity index (χ4v) is 8.02. The van der Waals surface area contributed by atoms with E-state index in [4.69, 9.17) is 16.1 Å². The number of benzene rings is 3. The van der Waals surface area contributed by atoms with Crippen molar-refractivity contribution in [2.45, 2.75) is 64.1 Å². The number of aromatic hydroxyl groups is 1. The molecule has 4 atom stereocenters. The van der Waals surface area contributed by atoms with Crippen molar-refractivity contribution >= 4 is 27.5 Å². The van der Waals surface area contributed by atoms with E-state index in [1.807, 2.05) is 0 Å². The van der Waals surface area contributed by atoms with Crippen LogP contribution in [0.15, 0.2) is 30.3 Å². The Morgan fingerprint density at radius 1 is 1.04 bits per heavy atom. The quantitative estimate of drug-likeness (QED) is 0.237. The van der Waals surface area contributed by atoms with Crippen molar-refractivity contribution in [1.82, 2.24) is 20.2 Å². The van der Waals surface area contributed by atoms with Crippen LogP contribution in [-0.4, -0.2) is 70.9 Å². The van der Waals surface area contributed by atoms with Gasteiger partial charge in [-0.1, -0.05) is 25.8 Å². The number of phenolic OH excluding ortho intramolecular Hbond substituents is 1. The van der Waals surface area contributed by atoms with Crippen LogP contribution >= 0.6 is 0 Å². The predicted octanol–water partition coefficient (Wildman–Crippen LogP) is 6.38. The molecular weight excluding hydrogens is 603 g/mol. The minimum absolute atomic E-state index is 0.0305. The monoisotopic (exact) mass is 641 g/mol. The third-order valence-corrected chi connectivity index (χ3v) is 11.0. The molecule has 47 heavy (non-hydrogen) atoms. The maximum atomic E-state index is 16.9. The second-order valence-corrected chi connectivity index (χ2v) is 14.3.